The summed E-state index contributed by atoms with van der Waals surface area (Å²) in [4.78, 5) is 4.11. The van der Waals surface area contributed by atoms with Crippen molar-refractivity contribution in [1.29, 1.82) is 0 Å². The van der Waals surface area contributed by atoms with E-state index in [9.17, 15) is 9.50 Å². The van der Waals surface area contributed by atoms with Crippen LogP contribution in [-0.2, 0) is 0 Å². The van der Waals surface area contributed by atoms with E-state index in [0.717, 1.165) is 10.9 Å². The van der Waals surface area contributed by atoms with Crippen molar-refractivity contribution in [2.45, 2.75) is 12.1 Å². The second-order valence-corrected chi connectivity index (χ2v) is 5.75. The van der Waals surface area contributed by atoms with E-state index in [1.807, 2.05) is 22.9 Å². The molecule has 0 spiro atoms. The van der Waals surface area contributed by atoms with Gasteiger partial charge in [-0.05, 0) is 36.9 Å². The second kappa shape index (κ2) is 6.66. The summed E-state index contributed by atoms with van der Waals surface area (Å²) >= 11 is 6.24. The van der Waals surface area contributed by atoms with Crippen molar-refractivity contribution in [1.82, 2.24) is 14.9 Å². The van der Waals surface area contributed by atoms with Crippen LogP contribution in [0.4, 0.5) is 4.39 Å². The molecule has 0 saturated heterocycles. The first-order chi connectivity index (χ1) is 11.1. The number of hydrogen-bond donors (Lipinski definition) is 2. The molecule has 0 bridgehead atoms. The number of aromatic nitrogens is 2. The third kappa shape index (κ3) is 3.08. The van der Waals surface area contributed by atoms with Gasteiger partial charge in [-0.25, -0.2) is 9.37 Å². The van der Waals surface area contributed by atoms with Crippen molar-refractivity contribution >= 4 is 22.5 Å². The van der Waals surface area contributed by atoms with E-state index in [-0.39, 0.29) is 5.82 Å². The van der Waals surface area contributed by atoms with Crippen molar-refractivity contribution < 1.29 is 9.50 Å². The summed E-state index contributed by atoms with van der Waals surface area (Å²) in [6.45, 7) is 0.360. The highest BCUT2D eigenvalue weighted by atomic mass is 35.5. The molecule has 2 aromatic heterocycles. The largest absolute Gasteiger partial charge is 0.389 e. The molecule has 0 aliphatic heterocycles. The van der Waals surface area contributed by atoms with Gasteiger partial charge >= 0.3 is 0 Å². The zero-order valence-electron chi connectivity index (χ0n) is 12.6. The number of aliphatic hydroxyl groups excluding tert-OH is 1. The fourth-order valence-electron chi connectivity index (χ4n) is 2.88. The molecule has 23 heavy (non-hydrogen) atoms. The first kappa shape index (κ1) is 15.9. The van der Waals surface area contributed by atoms with E-state index in [4.69, 9.17) is 11.6 Å². The maximum absolute atomic E-state index is 13.7. The molecule has 2 heterocycles. The van der Waals surface area contributed by atoms with Crippen LogP contribution in [-0.4, -0.2) is 34.4 Å². The van der Waals surface area contributed by atoms with Crippen LogP contribution in [0.1, 0.15) is 11.6 Å². The van der Waals surface area contributed by atoms with Gasteiger partial charge in [0.15, 0.2) is 5.15 Å². The van der Waals surface area contributed by atoms with E-state index in [1.54, 1.807) is 25.4 Å². The molecule has 0 unspecified atom stereocenters. The van der Waals surface area contributed by atoms with Crippen LogP contribution in [0.5, 0.6) is 0 Å². The summed E-state index contributed by atoms with van der Waals surface area (Å²) in [5.74, 6) is -0.343. The number of aliphatic hydroxyl groups is 1. The summed E-state index contributed by atoms with van der Waals surface area (Å²) in [5.41, 5.74) is 1.39. The van der Waals surface area contributed by atoms with Crippen molar-refractivity contribution in [3.8, 4) is 0 Å². The summed E-state index contributed by atoms with van der Waals surface area (Å²) in [7, 11) is 1.76. The quantitative estimate of drug-likeness (QED) is 0.706. The van der Waals surface area contributed by atoms with Gasteiger partial charge in [0.05, 0.1) is 17.7 Å². The molecule has 0 aliphatic rings. The normalized spacial score (nSPS) is 14.1. The lowest BCUT2D eigenvalue weighted by atomic mass is 10.0. The van der Waals surface area contributed by atoms with Crippen LogP contribution < -0.4 is 5.32 Å². The Balaban J connectivity index is 2.18. The van der Waals surface area contributed by atoms with Gasteiger partial charge in [-0.3, -0.25) is 0 Å². The maximum atomic E-state index is 13.7. The average Bonchev–Trinajstić information content (AvgIpc) is 2.93. The first-order valence-electron chi connectivity index (χ1n) is 7.31. The molecule has 1 aromatic carbocycles. The fraction of sp³-hybridized carbons (Fsp3) is 0.235. The lowest BCUT2D eigenvalue weighted by Crippen LogP contribution is -2.33. The third-order valence-electron chi connectivity index (χ3n) is 3.85. The predicted octanol–water partition coefficient (Wildman–Crippen LogP) is 3.00. The lowest BCUT2D eigenvalue weighted by Gasteiger charge is -2.26. The van der Waals surface area contributed by atoms with E-state index < -0.39 is 12.1 Å². The minimum atomic E-state index is -0.756. The minimum Gasteiger partial charge on any atom is -0.389 e. The molecule has 2 atom stereocenters. The van der Waals surface area contributed by atoms with Gasteiger partial charge in [-0.15, -0.1) is 0 Å². The van der Waals surface area contributed by atoms with Crippen LogP contribution in [0.2, 0.25) is 5.15 Å². The first-order valence-corrected chi connectivity index (χ1v) is 7.69. The molecule has 0 fully saturated rings. The summed E-state index contributed by atoms with van der Waals surface area (Å²) in [6, 6.07) is 9.52. The van der Waals surface area contributed by atoms with Crippen molar-refractivity contribution in [2.24, 2.45) is 0 Å². The highest BCUT2D eigenvalue weighted by Crippen LogP contribution is 2.31. The molecule has 3 rings (SSSR count). The smallest absolute Gasteiger partial charge is 0.153 e. The lowest BCUT2D eigenvalue weighted by molar-refractivity contribution is 0.132. The maximum Gasteiger partial charge on any atom is 0.153 e. The third-order valence-corrected chi connectivity index (χ3v) is 4.13. The number of pyridine rings is 1. The standard InChI is InChI=1S/C17H17ClFN3O/c1-20-10-14(23)15(12-3-2-4-13(19)9-12)22-8-6-11-5-7-21-17(18)16(11)22/h2-9,14-15,20,23H,10H2,1H3/t14-,15+/m1/s1. The number of halogens is 2. The van der Waals surface area contributed by atoms with Crippen LogP contribution in [0.25, 0.3) is 10.9 Å². The Kier molecular flexibility index (Phi) is 4.61. The molecule has 6 heteroatoms. The van der Waals surface area contributed by atoms with E-state index in [0.29, 0.717) is 17.3 Å². The summed E-state index contributed by atoms with van der Waals surface area (Å²) < 4.78 is 15.5. The molecule has 4 nitrogen and oxygen atoms in total. The van der Waals surface area contributed by atoms with Crippen molar-refractivity contribution in [2.75, 3.05) is 13.6 Å². The van der Waals surface area contributed by atoms with Gasteiger partial charge in [-0.2, -0.15) is 0 Å². The highest BCUT2D eigenvalue weighted by Gasteiger charge is 2.25. The average molecular weight is 334 g/mol. The molecule has 120 valence electrons. The van der Waals surface area contributed by atoms with E-state index in [1.165, 1.54) is 12.1 Å². The Labute approximate surface area is 138 Å². The Morgan fingerprint density at radius 1 is 1.35 bits per heavy atom. The molecular weight excluding hydrogens is 317 g/mol. The summed E-state index contributed by atoms with van der Waals surface area (Å²) in [6.07, 6.45) is 2.72. The van der Waals surface area contributed by atoms with E-state index in [2.05, 4.69) is 10.3 Å². The van der Waals surface area contributed by atoms with Gasteiger partial charge in [-0.1, -0.05) is 23.7 Å². The number of hydrogen-bond acceptors (Lipinski definition) is 3. The Hall–Kier alpha value is -1.95. The zero-order valence-corrected chi connectivity index (χ0v) is 13.3. The minimum absolute atomic E-state index is 0.343. The van der Waals surface area contributed by atoms with Crippen LogP contribution in [0.15, 0.2) is 48.8 Å². The molecule has 0 saturated carbocycles. The van der Waals surface area contributed by atoms with Crippen LogP contribution in [0, 0.1) is 5.82 Å². The number of rotatable bonds is 5. The van der Waals surface area contributed by atoms with Gasteiger partial charge in [0.2, 0.25) is 0 Å². The van der Waals surface area contributed by atoms with Crippen molar-refractivity contribution in [3.63, 3.8) is 0 Å². The van der Waals surface area contributed by atoms with Crippen LogP contribution >= 0.6 is 11.6 Å². The van der Waals surface area contributed by atoms with Gasteiger partial charge in [0.1, 0.15) is 5.82 Å². The number of fused-ring (bicyclic) bond motifs is 1. The Bertz CT molecular complexity index is 820. The van der Waals surface area contributed by atoms with Gasteiger partial charge < -0.3 is 15.0 Å². The SMILES string of the molecule is CNC[C@@H](O)[C@H](c1cccc(F)c1)n1ccc2ccnc(Cl)c21. The molecule has 0 amide bonds. The molecule has 2 N–H and O–H groups in total. The summed E-state index contributed by atoms with van der Waals surface area (Å²) in [5, 5.41) is 14.8. The molecular formula is C17H17ClFN3O. The van der Waals surface area contributed by atoms with Gasteiger partial charge in [0, 0.05) is 24.3 Å². The number of nitrogens with zero attached hydrogens (tertiary/aromatic N) is 2. The second-order valence-electron chi connectivity index (χ2n) is 5.39. The van der Waals surface area contributed by atoms with Crippen LogP contribution in [0.3, 0.4) is 0 Å². The van der Waals surface area contributed by atoms with Crippen molar-refractivity contribution in [3.05, 3.63) is 65.3 Å². The molecule has 0 aliphatic carbocycles. The highest BCUT2D eigenvalue weighted by molar-refractivity contribution is 6.33. The van der Waals surface area contributed by atoms with E-state index >= 15 is 0 Å². The molecule has 0 radical (unpaired) electrons. The number of benzene rings is 1. The Morgan fingerprint density at radius 3 is 2.91 bits per heavy atom. The Morgan fingerprint density at radius 2 is 2.17 bits per heavy atom. The predicted molar refractivity (Wildman–Crippen MR) is 89.2 cm³/mol. The fourth-order valence-corrected chi connectivity index (χ4v) is 3.14. The topological polar surface area (TPSA) is 50.1 Å². The monoisotopic (exact) mass is 333 g/mol. The van der Waals surface area contributed by atoms with Gasteiger partial charge in [0.25, 0.3) is 0 Å². The zero-order chi connectivity index (χ0) is 16.4. The number of likely N-dealkylation sites (N-methyl/N-ethyl adjacent to an activating group) is 1. The number of nitrogens with one attached hydrogen (secondary N) is 1. The molecule has 3 aromatic rings.